The maximum Gasteiger partial charge on any atom is 0.328 e. The molecule has 104 valence electrons. The number of carbonyl (C=O) groups is 2. The van der Waals surface area contributed by atoms with Gasteiger partial charge in [-0.1, -0.05) is 13.3 Å². The van der Waals surface area contributed by atoms with Gasteiger partial charge in [0.15, 0.2) is 6.04 Å². The van der Waals surface area contributed by atoms with Crippen molar-refractivity contribution in [3.8, 4) is 0 Å². The maximum absolute atomic E-state index is 11.9. The monoisotopic (exact) mass is 258 g/mol. The zero-order valence-electron chi connectivity index (χ0n) is 10.8. The van der Waals surface area contributed by atoms with Gasteiger partial charge in [-0.2, -0.15) is 0 Å². The predicted octanol–water partition coefficient (Wildman–Crippen LogP) is -0.285. The van der Waals surface area contributed by atoms with Gasteiger partial charge in [-0.3, -0.25) is 4.79 Å². The Kier molecular flexibility index (Phi) is 5.55. The molecule has 4 N–H and O–H groups in total. The van der Waals surface area contributed by atoms with Crippen molar-refractivity contribution in [2.24, 2.45) is 5.92 Å². The Hall–Kier alpha value is -1.14. The molecule has 0 saturated carbocycles. The summed E-state index contributed by atoms with van der Waals surface area (Å²) in [6.07, 6.45) is 1.66. The van der Waals surface area contributed by atoms with Crippen molar-refractivity contribution < 1.29 is 19.8 Å². The molecular weight excluding hydrogens is 236 g/mol. The van der Waals surface area contributed by atoms with Crippen molar-refractivity contribution in [1.82, 2.24) is 10.6 Å². The van der Waals surface area contributed by atoms with Gasteiger partial charge in [0.05, 0.1) is 12.1 Å². The third-order valence-corrected chi connectivity index (χ3v) is 3.45. The molecule has 6 nitrogen and oxygen atoms in total. The minimum absolute atomic E-state index is 0.346. The Morgan fingerprint density at radius 1 is 1.50 bits per heavy atom. The van der Waals surface area contributed by atoms with E-state index in [4.69, 9.17) is 5.11 Å². The smallest absolute Gasteiger partial charge is 0.328 e. The molecule has 0 aliphatic carbocycles. The molecule has 0 radical (unpaired) electrons. The Balaban J connectivity index is 2.55. The van der Waals surface area contributed by atoms with E-state index in [0.717, 1.165) is 19.4 Å². The van der Waals surface area contributed by atoms with Crippen molar-refractivity contribution in [2.45, 2.75) is 51.3 Å². The number of hydrogen-bond acceptors (Lipinski definition) is 4. The summed E-state index contributed by atoms with van der Waals surface area (Å²) in [6, 6.07) is -1.61. The Morgan fingerprint density at radius 3 is 2.67 bits per heavy atom. The average Bonchev–Trinajstić information content (AvgIpc) is 2.34. The van der Waals surface area contributed by atoms with Crippen molar-refractivity contribution >= 4 is 11.9 Å². The number of carboxylic acids is 1. The third kappa shape index (κ3) is 3.96. The second kappa shape index (κ2) is 6.70. The number of aliphatic hydroxyl groups is 1. The molecule has 6 heteroatoms. The first-order valence-corrected chi connectivity index (χ1v) is 6.40. The molecule has 1 heterocycles. The van der Waals surface area contributed by atoms with E-state index >= 15 is 0 Å². The minimum atomic E-state index is -1.25. The van der Waals surface area contributed by atoms with E-state index in [1.807, 2.05) is 0 Å². The molecule has 0 spiro atoms. The van der Waals surface area contributed by atoms with Crippen LogP contribution in [0.5, 0.6) is 0 Å². The lowest BCUT2D eigenvalue weighted by molar-refractivity contribution is -0.145. The standard InChI is InChI=1S/C12H22N2O4/c1-3-8-4-5-13-9(6-8)11(16)14-10(7(2)15)12(17)18/h7-10,13,15H,3-6H2,1-2H3,(H,14,16)(H,17,18)/t7-,8?,9?,10+/m1/s1. The van der Waals surface area contributed by atoms with Crippen molar-refractivity contribution in [3.63, 3.8) is 0 Å². The Labute approximate surface area is 107 Å². The number of amides is 1. The van der Waals surface area contributed by atoms with E-state index < -0.39 is 18.1 Å². The second-order valence-corrected chi connectivity index (χ2v) is 4.87. The molecule has 1 aliphatic heterocycles. The van der Waals surface area contributed by atoms with Gasteiger partial charge in [0, 0.05) is 0 Å². The van der Waals surface area contributed by atoms with Crippen LogP contribution in [0.3, 0.4) is 0 Å². The number of piperidine rings is 1. The summed E-state index contributed by atoms with van der Waals surface area (Å²) >= 11 is 0. The molecule has 1 rings (SSSR count). The fraction of sp³-hybridized carbons (Fsp3) is 0.833. The second-order valence-electron chi connectivity index (χ2n) is 4.87. The van der Waals surface area contributed by atoms with Crippen molar-refractivity contribution in [2.75, 3.05) is 6.54 Å². The van der Waals surface area contributed by atoms with Crippen molar-refractivity contribution in [1.29, 1.82) is 0 Å². The summed E-state index contributed by atoms with van der Waals surface area (Å²) in [6.45, 7) is 4.20. The first-order chi connectivity index (χ1) is 8.45. The van der Waals surface area contributed by atoms with E-state index in [2.05, 4.69) is 17.6 Å². The van der Waals surface area contributed by atoms with Crippen LogP contribution in [0.2, 0.25) is 0 Å². The highest BCUT2D eigenvalue weighted by molar-refractivity contribution is 5.87. The fourth-order valence-corrected chi connectivity index (χ4v) is 2.21. The lowest BCUT2D eigenvalue weighted by atomic mass is 9.90. The van der Waals surface area contributed by atoms with Crippen LogP contribution in [-0.2, 0) is 9.59 Å². The molecule has 1 saturated heterocycles. The summed E-state index contributed by atoms with van der Waals surface area (Å²) in [5.74, 6) is -1.07. The minimum Gasteiger partial charge on any atom is -0.480 e. The maximum atomic E-state index is 11.9. The SMILES string of the molecule is CCC1CCNC(C(=O)N[C@H](C(=O)O)[C@@H](C)O)C1. The quantitative estimate of drug-likeness (QED) is 0.543. The predicted molar refractivity (Wildman–Crippen MR) is 66.1 cm³/mol. The number of aliphatic hydroxyl groups excluding tert-OH is 1. The Morgan fingerprint density at radius 2 is 2.17 bits per heavy atom. The first-order valence-electron chi connectivity index (χ1n) is 6.40. The molecule has 0 aromatic carbocycles. The van der Waals surface area contributed by atoms with E-state index in [1.165, 1.54) is 6.92 Å². The molecule has 2 unspecified atom stereocenters. The van der Waals surface area contributed by atoms with Gasteiger partial charge >= 0.3 is 5.97 Å². The van der Waals surface area contributed by atoms with Gasteiger partial charge in [0.1, 0.15) is 0 Å². The normalized spacial score (nSPS) is 27.3. The first kappa shape index (κ1) is 14.9. The zero-order chi connectivity index (χ0) is 13.7. The summed E-state index contributed by atoms with van der Waals surface area (Å²) in [4.78, 5) is 22.8. The number of rotatable bonds is 5. The summed E-state index contributed by atoms with van der Waals surface area (Å²) in [7, 11) is 0. The van der Waals surface area contributed by atoms with Crippen LogP contribution in [0.25, 0.3) is 0 Å². The van der Waals surface area contributed by atoms with Gasteiger partial charge in [0.2, 0.25) is 5.91 Å². The summed E-state index contributed by atoms with van der Waals surface area (Å²) in [5.41, 5.74) is 0. The Bertz CT molecular complexity index is 306. The van der Waals surface area contributed by atoms with Gasteiger partial charge in [-0.25, -0.2) is 4.79 Å². The lowest BCUT2D eigenvalue weighted by Crippen LogP contribution is -2.55. The molecule has 0 bridgehead atoms. The third-order valence-electron chi connectivity index (χ3n) is 3.45. The molecule has 18 heavy (non-hydrogen) atoms. The topological polar surface area (TPSA) is 98.7 Å². The highest BCUT2D eigenvalue weighted by Gasteiger charge is 2.31. The highest BCUT2D eigenvalue weighted by Crippen LogP contribution is 2.19. The molecule has 0 aromatic heterocycles. The molecule has 1 aliphatic rings. The molecular formula is C12H22N2O4. The van der Waals surface area contributed by atoms with Crippen LogP contribution in [0.15, 0.2) is 0 Å². The van der Waals surface area contributed by atoms with E-state index in [1.54, 1.807) is 0 Å². The van der Waals surface area contributed by atoms with Crippen LogP contribution in [0.4, 0.5) is 0 Å². The van der Waals surface area contributed by atoms with Gasteiger partial charge in [-0.15, -0.1) is 0 Å². The molecule has 1 amide bonds. The van der Waals surface area contributed by atoms with Crippen LogP contribution in [0, 0.1) is 5.92 Å². The lowest BCUT2D eigenvalue weighted by Gasteiger charge is -2.30. The molecule has 1 fully saturated rings. The van der Waals surface area contributed by atoms with Crippen LogP contribution < -0.4 is 10.6 Å². The van der Waals surface area contributed by atoms with Crippen LogP contribution >= 0.6 is 0 Å². The highest BCUT2D eigenvalue weighted by atomic mass is 16.4. The number of hydrogen-bond donors (Lipinski definition) is 4. The number of carbonyl (C=O) groups excluding carboxylic acids is 1. The fourth-order valence-electron chi connectivity index (χ4n) is 2.21. The van der Waals surface area contributed by atoms with E-state index in [-0.39, 0.29) is 11.9 Å². The van der Waals surface area contributed by atoms with Crippen molar-refractivity contribution in [3.05, 3.63) is 0 Å². The van der Waals surface area contributed by atoms with Gasteiger partial charge in [0.25, 0.3) is 0 Å². The van der Waals surface area contributed by atoms with E-state index in [9.17, 15) is 14.7 Å². The summed E-state index contributed by atoms with van der Waals surface area (Å²) < 4.78 is 0. The van der Waals surface area contributed by atoms with Gasteiger partial charge in [-0.05, 0) is 32.2 Å². The van der Waals surface area contributed by atoms with Gasteiger partial charge < -0.3 is 20.8 Å². The van der Waals surface area contributed by atoms with E-state index in [0.29, 0.717) is 12.3 Å². The number of carboxylic acid groups (broad SMARTS) is 1. The largest absolute Gasteiger partial charge is 0.480 e. The molecule has 4 atom stereocenters. The van der Waals surface area contributed by atoms with Crippen LogP contribution in [-0.4, -0.2) is 46.8 Å². The molecule has 0 aromatic rings. The number of aliphatic carboxylic acids is 1. The zero-order valence-corrected chi connectivity index (χ0v) is 10.8. The summed E-state index contributed by atoms with van der Waals surface area (Å²) in [5, 5.41) is 23.7. The average molecular weight is 258 g/mol. The van der Waals surface area contributed by atoms with Crippen LogP contribution in [0.1, 0.15) is 33.1 Å². The number of nitrogens with one attached hydrogen (secondary N) is 2.